The molecule has 0 fully saturated rings. The standard InChI is InChI=1S/C10H21BrO2/c1-10(4-7-12)5-9-13-8-3-2-6-11/h10,12H,2-9H2,1H3. The van der Waals surface area contributed by atoms with Gasteiger partial charge in [0.15, 0.2) is 0 Å². The number of hydrogen-bond donors (Lipinski definition) is 1. The zero-order valence-electron chi connectivity index (χ0n) is 8.47. The molecule has 2 nitrogen and oxygen atoms in total. The molecule has 1 atom stereocenters. The van der Waals surface area contributed by atoms with E-state index in [1.165, 1.54) is 6.42 Å². The molecule has 0 aliphatic heterocycles. The fourth-order valence-corrected chi connectivity index (χ4v) is 1.45. The minimum absolute atomic E-state index is 0.296. The van der Waals surface area contributed by atoms with E-state index < -0.39 is 0 Å². The normalized spacial score (nSPS) is 13.2. The number of ether oxygens (including phenoxy) is 1. The number of aliphatic hydroxyl groups excluding tert-OH is 1. The van der Waals surface area contributed by atoms with Gasteiger partial charge in [-0.15, -0.1) is 0 Å². The lowest BCUT2D eigenvalue weighted by Crippen LogP contribution is -2.04. The van der Waals surface area contributed by atoms with Crippen LogP contribution in [0.3, 0.4) is 0 Å². The smallest absolute Gasteiger partial charge is 0.0468 e. The van der Waals surface area contributed by atoms with Crippen LogP contribution in [0.15, 0.2) is 0 Å². The maximum atomic E-state index is 8.66. The summed E-state index contributed by atoms with van der Waals surface area (Å²) < 4.78 is 5.45. The Morgan fingerprint density at radius 3 is 2.62 bits per heavy atom. The average molecular weight is 253 g/mol. The Labute approximate surface area is 89.8 Å². The molecule has 13 heavy (non-hydrogen) atoms. The van der Waals surface area contributed by atoms with Crippen molar-refractivity contribution in [2.75, 3.05) is 25.2 Å². The molecule has 3 heteroatoms. The third-order valence-corrected chi connectivity index (χ3v) is 2.61. The molecular weight excluding hydrogens is 232 g/mol. The molecule has 0 spiro atoms. The lowest BCUT2D eigenvalue weighted by Gasteiger charge is -2.09. The highest BCUT2D eigenvalue weighted by molar-refractivity contribution is 9.09. The summed E-state index contributed by atoms with van der Waals surface area (Å²) in [5, 5.41) is 9.73. The molecule has 1 unspecified atom stereocenters. The highest BCUT2D eigenvalue weighted by Gasteiger charge is 2.00. The van der Waals surface area contributed by atoms with Crippen molar-refractivity contribution in [3.63, 3.8) is 0 Å². The molecule has 0 aromatic rings. The van der Waals surface area contributed by atoms with Crippen LogP contribution in [0.25, 0.3) is 0 Å². The Hall–Kier alpha value is 0.400. The highest BCUT2D eigenvalue weighted by atomic mass is 79.9. The Kier molecular flexibility index (Phi) is 10.8. The second-order valence-electron chi connectivity index (χ2n) is 3.41. The molecule has 0 aliphatic carbocycles. The summed E-state index contributed by atoms with van der Waals surface area (Å²) in [4.78, 5) is 0. The second-order valence-corrected chi connectivity index (χ2v) is 4.21. The summed E-state index contributed by atoms with van der Waals surface area (Å²) in [6, 6.07) is 0. The van der Waals surface area contributed by atoms with E-state index in [9.17, 15) is 0 Å². The lowest BCUT2D eigenvalue weighted by molar-refractivity contribution is 0.115. The van der Waals surface area contributed by atoms with Crippen LogP contribution >= 0.6 is 15.9 Å². The van der Waals surface area contributed by atoms with Crippen LogP contribution in [0.1, 0.15) is 32.6 Å². The maximum Gasteiger partial charge on any atom is 0.0468 e. The fraction of sp³-hybridized carbons (Fsp3) is 1.00. The van der Waals surface area contributed by atoms with Crippen LogP contribution in [0.4, 0.5) is 0 Å². The van der Waals surface area contributed by atoms with E-state index in [2.05, 4.69) is 22.9 Å². The Morgan fingerprint density at radius 2 is 2.00 bits per heavy atom. The van der Waals surface area contributed by atoms with Gasteiger partial charge in [-0.2, -0.15) is 0 Å². The first kappa shape index (κ1) is 13.4. The van der Waals surface area contributed by atoms with Crippen molar-refractivity contribution in [3.8, 4) is 0 Å². The van der Waals surface area contributed by atoms with Crippen molar-refractivity contribution in [2.45, 2.75) is 32.6 Å². The second kappa shape index (κ2) is 10.5. The van der Waals surface area contributed by atoms with Gasteiger partial charge in [0.05, 0.1) is 0 Å². The number of hydrogen-bond acceptors (Lipinski definition) is 2. The summed E-state index contributed by atoms with van der Waals surface area (Å²) in [6.07, 6.45) is 4.28. The molecule has 0 heterocycles. The lowest BCUT2D eigenvalue weighted by atomic mass is 10.1. The van der Waals surface area contributed by atoms with Gasteiger partial charge in [-0.05, 0) is 31.6 Å². The number of halogens is 1. The summed E-state index contributed by atoms with van der Waals surface area (Å²) in [7, 11) is 0. The summed E-state index contributed by atoms with van der Waals surface area (Å²) in [5.41, 5.74) is 0. The van der Waals surface area contributed by atoms with Gasteiger partial charge in [0.1, 0.15) is 0 Å². The van der Waals surface area contributed by atoms with Gasteiger partial charge >= 0.3 is 0 Å². The number of aliphatic hydroxyl groups is 1. The van der Waals surface area contributed by atoms with Crippen molar-refractivity contribution in [1.29, 1.82) is 0 Å². The largest absolute Gasteiger partial charge is 0.396 e. The molecule has 80 valence electrons. The zero-order valence-corrected chi connectivity index (χ0v) is 10.1. The summed E-state index contributed by atoms with van der Waals surface area (Å²) in [5.74, 6) is 0.584. The Bertz CT molecular complexity index is 98.9. The van der Waals surface area contributed by atoms with Gasteiger partial charge in [0, 0.05) is 25.2 Å². The van der Waals surface area contributed by atoms with E-state index in [0.29, 0.717) is 12.5 Å². The monoisotopic (exact) mass is 252 g/mol. The van der Waals surface area contributed by atoms with Crippen LogP contribution in [-0.2, 0) is 4.74 Å². The molecule has 1 N–H and O–H groups in total. The van der Waals surface area contributed by atoms with E-state index in [4.69, 9.17) is 9.84 Å². The Balaban J connectivity index is 2.97. The molecule has 0 saturated carbocycles. The predicted octanol–water partition coefficient (Wildman–Crippen LogP) is 2.59. The van der Waals surface area contributed by atoms with E-state index >= 15 is 0 Å². The number of unbranched alkanes of at least 4 members (excludes halogenated alkanes) is 1. The van der Waals surface area contributed by atoms with Gasteiger partial charge < -0.3 is 9.84 Å². The van der Waals surface area contributed by atoms with Crippen molar-refractivity contribution < 1.29 is 9.84 Å². The third kappa shape index (κ3) is 10.3. The van der Waals surface area contributed by atoms with E-state index in [1.807, 2.05) is 0 Å². The first-order chi connectivity index (χ1) is 6.31. The molecule has 0 radical (unpaired) electrons. The van der Waals surface area contributed by atoms with Gasteiger partial charge in [0.25, 0.3) is 0 Å². The van der Waals surface area contributed by atoms with Gasteiger partial charge in [0.2, 0.25) is 0 Å². The predicted molar refractivity (Wildman–Crippen MR) is 59.3 cm³/mol. The van der Waals surface area contributed by atoms with Crippen molar-refractivity contribution in [1.82, 2.24) is 0 Å². The molecule has 0 aromatic carbocycles. The summed E-state index contributed by atoms with van der Waals surface area (Å²) in [6.45, 7) is 4.16. The van der Waals surface area contributed by atoms with Gasteiger partial charge in [-0.25, -0.2) is 0 Å². The molecule has 0 rings (SSSR count). The quantitative estimate of drug-likeness (QED) is 0.505. The SMILES string of the molecule is CC(CCO)CCOCCCCBr. The third-order valence-electron chi connectivity index (χ3n) is 2.05. The zero-order chi connectivity index (χ0) is 9.94. The van der Waals surface area contributed by atoms with Crippen LogP contribution in [0.5, 0.6) is 0 Å². The number of alkyl halides is 1. The molecule has 0 aromatic heterocycles. The molecular formula is C10H21BrO2. The van der Waals surface area contributed by atoms with Crippen LogP contribution < -0.4 is 0 Å². The van der Waals surface area contributed by atoms with Crippen molar-refractivity contribution >= 4 is 15.9 Å². The minimum atomic E-state index is 0.296. The molecule has 0 aliphatic rings. The summed E-state index contributed by atoms with van der Waals surface area (Å²) >= 11 is 3.38. The minimum Gasteiger partial charge on any atom is -0.396 e. The van der Waals surface area contributed by atoms with E-state index in [0.717, 1.165) is 37.8 Å². The van der Waals surface area contributed by atoms with Crippen molar-refractivity contribution in [3.05, 3.63) is 0 Å². The van der Waals surface area contributed by atoms with E-state index in [-0.39, 0.29) is 0 Å². The highest BCUT2D eigenvalue weighted by Crippen LogP contribution is 2.06. The fourth-order valence-electron chi connectivity index (χ4n) is 1.05. The first-order valence-corrected chi connectivity index (χ1v) is 6.18. The topological polar surface area (TPSA) is 29.5 Å². The van der Waals surface area contributed by atoms with Crippen LogP contribution in [0.2, 0.25) is 0 Å². The average Bonchev–Trinajstić information content (AvgIpc) is 2.11. The first-order valence-electron chi connectivity index (χ1n) is 5.05. The van der Waals surface area contributed by atoms with Crippen molar-refractivity contribution in [2.24, 2.45) is 5.92 Å². The van der Waals surface area contributed by atoms with E-state index in [1.54, 1.807) is 0 Å². The maximum absolute atomic E-state index is 8.66. The Morgan fingerprint density at radius 1 is 1.23 bits per heavy atom. The molecule has 0 amide bonds. The van der Waals surface area contributed by atoms with Crippen LogP contribution in [-0.4, -0.2) is 30.3 Å². The van der Waals surface area contributed by atoms with Gasteiger partial charge in [-0.1, -0.05) is 22.9 Å². The molecule has 0 saturated heterocycles. The number of rotatable bonds is 9. The van der Waals surface area contributed by atoms with Gasteiger partial charge in [-0.3, -0.25) is 0 Å². The van der Waals surface area contributed by atoms with Crippen LogP contribution in [0, 0.1) is 5.92 Å². The molecule has 0 bridgehead atoms.